The van der Waals surface area contributed by atoms with E-state index in [1.54, 1.807) is 37.2 Å². The molecule has 6 aromatic rings. The number of nitrogens with two attached hydrogens (primary N) is 2. The highest BCUT2D eigenvalue weighted by Gasteiger charge is 2.16. The first-order chi connectivity index (χ1) is 21.4. The van der Waals surface area contributed by atoms with E-state index in [1.807, 2.05) is 45.5 Å². The Labute approximate surface area is 263 Å². The Morgan fingerprint density at radius 3 is 1.36 bits per heavy atom. The third-order valence-electron chi connectivity index (χ3n) is 6.77. The number of imidazole rings is 2. The summed E-state index contributed by atoms with van der Waals surface area (Å²) in [6.45, 7) is 1.74. The molecular formula is C32H28Cl2F2N8. The summed E-state index contributed by atoms with van der Waals surface area (Å²) >= 11 is 12.2. The Kier molecular flexibility index (Phi) is 10.1. The molecule has 0 saturated heterocycles. The monoisotopic (exact) mass is 632 g/mol. The summed E-state index contributed by atoms with van der Waals surface area (Å²) in [5, 5.41) is 0.635. The third-order valence-corrected chi connectivity index (χ3v) is 7.39. The van der Waals surface area contributed by atoms with Gasteiger partial charge in [-0.3, -0.25) is 9.97 Å². The summed E-state index contributed by atoms with van der Waals surface area (Å²) < 4.78 is 30.2. The smallest absolute Gasteiger partial charge is 0.124 e. The van der Waals surface area contributed by atoms with Gasteiger partial charge >= 0.3 is 0 Å². The van der Waals surface area contributed by atoms with Crippen molar-refractivity contribution in [2.24, 2.45) is 11.5 Å². The summed E-state index contributed by atoms with van der Waals surface area (Å²) in [6.07, 6.45) is 6.88. The zero-order valence-corrected chi connectivity index (χ0v) is 24.9. The lowest BCUT2D eigenvalue weighted by atomic mass is 10.1. The van der Waals surface area contributed by atoms with Gasteiger partial charge in [-0.2, -0.15) is 0 Å². The van der Waals surface area contributed by atoms with E-state index in [0.717, 1.165) is 22.8 Å². The molecule has 0 aliphatic rings. The molecule has 0 bridgehead atoms. The van der Waals surface area contributed by atoms with E-state index < -0.39 is 0 Å². The van der Waals surface area contributed by atoms with E-state index in [-0.39, 0.29) is 11.6 Å². The topological polar surface area (TPSA) is 113 Å². The molecule has 44 heavy (non-hydrogen) atoms. The minimum absolute atomic E-state index is 0.301. The summed E-state index contributed by atoms with van der Waals surface area (Å²) in [5.41, 5.74) is 17.9. The molecule has 0 atom stereocenters. The van der Waals surface area contributed by atoms with Crippen LogP contribution in [0.25, 0.3) is 22.5 Å². The number of pyridine rings is 2. The zero-order valence-electron chi connectivity index (χ0n) is 23.4. The molecule has 0 fully saturated rings. The van der Waals surface area contributed by atoms with Gasteiger partial charge < -0.3 is 20.6 Å². The van der Waals surface area contributed by atoms with Crippen LogP contribution in [-0.2, 0) is 26.2 Å². The van der Waals surface area contributed by atoms with Crippen molar-refractivity contribution in [1.29, 1.82) is 0 Å². The molecule has 0 radical (unpaired) electrons. The van der Waals surface area contributed by atoms with Crippen molar-refractivity contribution in [1.82, 2.24) is 29.1 Å². The second kappa shape index (κ2) is 14.3. The second-order valence-corrected chi connectivity index (χ2v) is 10.4. The van der Waals surface area contributed by atoms with Gasteiger partial charge in [-0.15, -0.1) is 0 Å². The fourth-order valence-electron chi connectivity index (χ4n) is 4.66. The number of hydrogen-bond acceptors (Lipinski definition) is 6. The molecule has 0 amide bonds. The van der Waals surface area contributed by atoms with Crippen LogP contribution in [0.3, 0.4) is 0 Å². The van der Waals surface area contributed by atoms with Gasteiger partial charge in [0, 0.05) is 36.6 Å². The van der Waals surface area contributed by atoms with Crippen LogP contribution in [0.5, 0.6) is 0 Å². The van der Waals surface area contributed by atoms with Gasteiger partial charge in [0.05, 0.1) is 70.0 Å². The Hall–Kier alpha value is -4.48. The number of hydrogen-bond donors (Lipinski definition) is 2. The van der Waals surface area contributed by atoms with Crippen molar-refractivity contribution in [3.63, 3.8) is 0 Å². The summed E-state index contributed by atoms with van der Waals surface area (Å²) in [5.74, 6) is -0.757. The van der Waals surface area contributed by atoms with Gasteiger partial charge in [0.1, 0.15) is 11.6 Å². The molecule has 0 aliphatic heterocycles. The fraction of sp³-hybridized carbons (Fsp3) is 0.125. The molecule has 0 aliphatic carbocycles. The average Bonchev–Trinajstić information content (AvgIpc) is 3.61. The molecule has 4 N–H and O–H groups in total. The SMILES string of the molecule is NCc1c(-c2ccc(F)cc2Cl)ncn1Cc1ccccn1.NCc1c(-c2ccc(F)cc2Cl)ncn1Cc1ccccn1. The van der Waals surface area contributed by atoms with Crippen molar-refractivity contribution >= 4 is 23.2 Å². The lowest BCUT2D eigenvalue weighted by Crippen LogP contribution is -2.09. The van der Waals surface area contributed by atoms with Crippen molar-refractivity contribution in [2.45, 2.75) is 26.2 Å². The quantitative estimate of drug-likeness (QED) is 0.198. The standard InChI is InChI=1S/2C16H14ClFN4/c2*17-14-7-11(18)4-5-13(14)16-15(8-19)22(10-21-16)9-12-3-1-2-6-20-12/h2*1-7,10H,8-9,19H2. The van der Waals surface area contributed by atoms with Gasteiger partial charge in [-0.1, -0.05) is 35.3 Å². The maximum Gasteiger partial charge on any atom is 0.124 e. The van der Waals surface area contributed by atoms with E-state index in [9.17, 15) is 8.78 Å². The van der Waals surface area contributed by atoms with Gasteiger partial charge in [-0.05, 0) is 60.7 Å². The molecule has 224 valence electrons. The molecule has 4 heterocycles. The maximum absolute atomic E-state index is 13.2. The minimum Gasteiger partial charge on any atom is -0.327 e. The third kappa shape index (κ3) is 7.17. The van der Waals surface area contributed by atoms with Crippen molar-refractivity contribution in [3.8, 4) is 22.5 Å². The highest BCUT2D eigenvalue weighted by atomic mass is 35.5. The van der Waals surface area contributed by atoms with E-state index in [2.05, 4.69) is 19.9 Å². The Bertz CT molecular complexity index is 1710. The Balaban J connectivity index is 0.000000175. The first-order valence-corrected chi connectivity index (χ1v) is 14.3. The van der Waals surface area contributed by atoms with E-state index >= 15 is 0 Å². The number of aromatic nitrogens is 6. The van der Waals surface area contributed by atoms with Crippen LogP contribution in [0, 0.1) is 11.6 Å². The largest absolute Gasteiger partial charge is 0.327 e. The van der Waals surface area contributed by atoms with Crippen LogP contribution in [0.15, 0.2) is 97.8 Å². The average molecular weight is 634 g/mol. The van der Waals surface area contributed by atoms with Crippen LogP contribution in [0.1, 0.15) is 22.8 Å². The molecule has 0 spiro atoms. The summed E-state index contributed by atoms with van der Waals surface area (Å²) in [7, 11) is 0. The van der Waals surface area contributed by atoms with Gasteiger partial charge in [0.15, 0.2) is 0 Å². The molecule has 4 aromatic heterocycles. The zero-order chi connectivity index (χ0) is 31.1. The first-order valence-electron chi connectivity index (χ1n) is 13.6. The lowest BCUT2D eigenvalue weighted by Gasteiger charge is -2.09. The van der Waals surface area contributed by atoms with E-state index in [0.29, 0.717) is 58.7 Å². The number of halogens is 4. The van der Waals surface area contributed by atoms with Crippen LogP contribution in [-0.4, -0.2) is 29.1 Å². The molecule has 12 heteroatoms. The van der Waals surface area contributed by atoms with E-state index in [4.69, 9.17) is 34.7 Å². The highest BCUT2D eigenvalue weighted by Crippen LogP contribution is 2.31. The fourth-order valence-corrected chi connectivity index (χ4v) is 5.17. The predicted octanol–water partition coefficient (Wildman–Crippen LogP) is 6.49. The van der Waals surface area contributed by atoms with Crippen molar-refractivity contribution in [2.75, 3.05) is 0 Å². The molecule has 0 unspecified atom stereocenters. The predicted molar refractivity (Wildman–Crippen MR) is 168 cm³/mol. The minimum atomic E-state index is -0.379. The van der Waals surface area contributed by atoms with Crippen molar-refractivity contribution < 1.29 is 8.78 Å². The molecular weight excluding hydrogens is 605 g/mol. The molecule has 0 saturated carbocycles. The second-order valence-electron chi connectivity index (χ2n) is 9.63. The molecule has 2 aromatic carbocycles. The number of rotatable bonds is 8. The van der Waals surface area contributed by atoms with Crippen LogP contribution in [0.2, 0.25) is 10.0 Å². The van der Waals surface area contributed by atoms with Crippen LogP contribution < -0.4 is 11.5 Å². The maximum atomic E-state index is 13.2. The number of benzene rings is 2. The summed E-state index contributed by atoms with van der Waals surface area (Å²) in [4.78, 5) is 17.4. The van der Waals surface area contributed by atoms with Gasteiger partial charge in [0.2, 0.25) is 0 Å². The Morgan fingerprint density at radius 1 is 0.591 bits per heavy atom. The summed E-state index contributed by atoms with van der Waals surface area (Å²) in [6, 6.07) is 20.0. The molecule has 6 rings (SSSR count). The lowest BCUT2D eigenvalue weighted by molar-refractivity contribution is 0.627. The number of nitrogens with zero attached hydrogens (tertiary/aromatic N) is 6. The normalized spacial score (nSPS) is 10.9. The molecule has 8 nitrogen and oxygen atoms in total. The van der Waals surface area contributed by atoms with Crippen LogP contribution in [0.4, 0.5) is 8.78 Å². The van der Waals surface area contributed by atoms with Crippen LogP contribution >= 0.6 is 23.2 Å². The van der Waals surface area contributed by atoms with E-state index in [1.165, 1.54) is 24.3 Å². The Morgan fingerprint density at radius 2 is 1.02 bits per heavy atom. The van der Waals surface area contributed by atoms with Gasteiger partial charge in [0.25, 0.3) is 0 Å². The first kappa shape index (κ1) is 31.0. The van der Waals surface area contributed by atoms with Gasteiger partial charge in [-0.25, -0.2) is 18.7 Å². The van der Waals surface area contributed by atoms with Crippen molar-refractivity contribution in [3.05, 3.63) is 142 Å². The highest BCUT2D eigenvalue weighted by molar-refractivity contribution is 6.33.